The third-order valence-electron chi connectivity index (χ3n) is 4.54. The molecule has 2 aliphatic rings. The predicted molar refractivity (Wildman–Crippen MR) is 73.7 cm³/mol. The number of aliphatic hydroxyl groups is 1. The van der Waals surface area contributed by atoms with Crippen LogP contribution in [0.3, 0.4) is 0 Å². The van der Waals surface area contributed by atoms with Crippen molar-refractivity contribution in [3.05, 3.63) is 16.1 Å². The number of fused-ring (bicyclic) bond motifs is 1. The van der Waals surface area contributed by atoms with Crippen molar-refractivity contribution in [3.8, 4) is 0 Å². The Morgan fingerprint density at radius 1 is 1.50 bits per heavy atom. The van der Waals surface area contributed by atoms with Gasteiger partial charge in [-0.15, -0.1) is 11.3 Å². The van der Waals surface area contributed by atoms with E-state index in [1.807, 2.05) is 0 Å². The van der Waals surface area contributed by atoms with E-state index in [2.05, 4.69) is 22.2 Å². The second-order valence-electron chi connectivity index (χ2n) is 5.91. The minimum absolute atomic E-state index is 0.354. The molecule has 1 aromatic heterocycles. The van der Waals surface area contributed by atoms with E-state index < -0.39 is 0 Å². The monoisotopic (exact) mass is 266 g/mol. The van der Waals surface area contributed by atoms with E-state index in [0.717, 1.165) is 38.2 Å². The first-order valence-electron chi connectivity index (χ1n) is 7.01. The molecule has 1 aliphatic heterocycles. The van der Waals surface area contributed by atoms with Gasteiger partial charge in [-0.25, -0.2) is 4.98 Å². The number of aromatic nitrogens is 1. The average Bonchev–Trinajstić information content (AvgIpc) is 2.75. The Labute approximate surface area is 113 Å². The molecule has 0 bridgehead atoms. The lowest BCUT2D eigenvalue weighted by Gasteiger charge is -2.47. The van der Waals surface area contributed by atoms with Crippen LogP contribution in [0.25, 0.3) is 0 Å². The number of hydrogen-bond acceptors (Lipinski definition) is 4. The first-order chi connectivity index (χ1) is 8.66. The van der Waals surface area contributed by atoms with E-state index in [9.17, 15) is 5.11 Å². The number of thiazole rings is 1. The Balaban J connectivity index is 1.63. The van der Waals surface area contributed by atoms with Gasteiger partial charge in [-0.1, -0.05) is 12.8 Å². The van der Waals surface area contributed by atoms with Gasteiger partial charge in [0.1, 0.15) is 5.01 Å². The highest BCUT2D eigenvalue weighted by atomic mass is 32.1. The lowest BCUT2D eigenvalue weighted by Crippen LogP contribution is -2.52. The zero-order valence-electron chi connectivity index (χ0n) is 11.1. The Morgan fingerprint density at radius 2 is 2.39 bits per heavy atom. The number of hydrogen-bond donors (Lipinski definition) is 1. The fourth-order valence-electron chi connectivity index (χ4n) is 3.45. The average molecular weight is 266 g/mol. The highest BCUT2D eigenvalue weighted by Gasteiger charge is 2.42. The number of nitrogens with zero attached hydrogens (tertiary/aromatic N) is 2. The SMILES string of the molecule is Cc1csc(CN2CCC3(O)CCCCC3C2)n1. The second kappa shape index (κ2) is 4.91. The molecule has 1 N–H and O–H groups in total. The number of piperidine rings is 1. The van der Waals surface area contributed by atoms with Crippen LogP contribution in [0.4, 0.5) is 0 Å². The second-order valence-corrected chi connectivity index (χ2v) is 6.86. The Bertz CT molecular complexity index is 420. The Kier molecular flexibility index (Phi) is 3.43. The minimum Gasteiger partial charge on any atom is -0.390 e. The van der Waals surface area contributed by atoms with E-state index >= 15 is 0 Å². The molecule has 100 valence electrons. The summed E-state index contributed by atoms with van der Waals surface area (Å²) in [6, 6.07) is 0. The lowest BCUT2D eigenvalue weighted by atomic mass is 9.71. The van der Waals surface area contributed by atoms with Gasteiger partial charge in [0.15, 0.2) is 0 Å². The van der Waals surface area contributed by atoms with Crippen molar-refractivity contribution in [2.45, 2.75) is 51.2 Å². The van der Waals surface area contributed by atoms with E-state index in [4.69, 9.17) is 0 Å². The van der Waals surface area contributed by atoms with Crippen molar-refractivity contribution >= 4 is 11.3 Å². The maximum atomic E-state index is 10.6. The molecular formula is C14H22N2OS. The van der Waals surface area contributed by atoms with Gasteiger partial charge in [-0.2, -0.15) is 0 Å². The summed E-state index contributed by atoms with van der Waals surface area (Å²) in [6.45, 7) is 5.09. The Morgan fingerprint density at radius 3 is 3.17 bits per heavy atom. The van der Waals surface area contributed by atoms with Crippen LogP contribution in [-0.4, -0.2) is 33.7 Å². The zero-order chi connectivity index (χ0) is 12.6. The topological polar surface area (TPSA) is 36.4 Å². The van der Waals surface area contributed by atoms with Crippen LogP contribution in [-0.2, 0) is 6.54 Å². The van der Waals surface area contributed by atoms with Crippen molar-refractivity contribution in [1.29, 1.82) is 0 Å². The van der Waals surface area contributed by atoms with Gasteiger partial charge in [0.2, 0.25) is 0 Å². The summed E-state index contributed by atoms with van der Waals surface area (Å²) in [5, 5.41) is 14.0. The van der Waals surface area contributed by atoms with Gasteiger partial charge in [-0.05, 0) is 26.2 Å². The normalized spacial score (nSPS) is 33.3. The standard InChI is InChI=1S/C14H22N2OS/c1-11-10-18-13(15-11)9-16-7-6-14(17)5-3-2-4-12(14)8-16/h10,12,17H,2-9H2,1H3. The molecule has 0 radical (unpaired) electrons. The van der Waals surface area contributed by atoms with Gasteiger partial charge in [0.05, 0.1) is 12.1 Å². The lowest BCUT2D eigenvalue weighted by molar-refractivity contribution is -0.0967. The van der Waals surface area contributed by atoms with Crippen LogP contribution >= 0.6 is 11.3 Å². The minimum atomic E-state index is -0.354. The molecule has 0 aromatic carbocycles. The summed E-state index contributed by atoms with van der Waals surface area (Å²) in [7, 11) is 0. The molecule has 1 aliphatic carbocycles. The molecule has 0 spiro atoms. The molecule has 4 heteroatoms. The van der Waals surface area contributed by atoms with Gasteiger partial charge in [-0.3, -0.25) is 4.90 Å². The fraction of sp³-hybridized carbons (Fsp3) is 0.786. The van der Waals surface area contributed by atoms with Crippen LogP contribution in [0.15, 0.2) is 5.38 Å². The van der Waals surface area contributed by atoms with Crippen molar-refractivity contribution in [3.63, 3.8) is 0 Å². The van der Waals surface area contributed by atoms with Crippen LogP contribution in [0.5, 0.6) is 0 Å². The van der Waals surface area contributed by atoms with Gasteiger partial charge >= 0.3 is 0 Å². The van der Waals surface area contributed by atoms with Crippen LogP contribution < -0.4 is 0 Å². The maximum Gasteiger partial charge on any atom is 0.107 e. The van der Waals surface area contributed by atoms with E-state index in [1.165, 1.54) is 24.3 Å². The number of likely N-dealkylation sites (tertiary alicyclic amines) is 1. The summed E-state index contributed by atoms with van der Waals surface area (Å²) in [6.07, 6.45) is 5.66. The van der Waals surface area contributed by atoms with Crippen LogP contribution in [0.2, 0.25) is 0 Å². The summed E-state index contributed by atoms with van der Waals surface area (Å²) in [5.41, 5.74) is 0.772. The fourth-order valence-corrected chi connectivity index (χ4v) is 4.26. The molecule has 3 nitrogen and oxygen atoms in total. The van der Waals surface area contributed by atoms with Crippen molar-refractivity contribution in [2.75, 3.05) is 13.1 Å². The van der Waals surface area contributed by atoms with Crippen molar-refractivity contribution in [2.24, 2.45) is 5.92 Å². The first-order valence-corrected chi connectivity index (χ1v) is 7.89. The zero-order valence-corrected chi connectivity index (χ0v) is 11.9. The van der Waals surface area contributed by atoms with E-state index in [-0.39, 0.29) is 5.60 Å². The number of rotatable bonds is 2. The first kappa shape index (κ1) is 12.6. The molecule has 2 atom stereocenters. The third kappa shape index (κ3) is 2.46. The molecule has 18 heavy (non-hydrogen) atoms. The van der Waals surface area contributed by atoms with Crippen LogP contribution in [0.1, 0.15) is 42.8 Å². The summed E-state index contributed by atoms with van der Waals surface area (Å²) >= 11 is 1.76. The summed E-state index contributed by atoms with van der Waals surface area (Å²) < 4.78 is 0. The van der Waals surface area contributed by atoms with Crippen molar-refractivity contribution in [1.82, 2.24) is 9.88 Å². The molecule has 0 amide bonds. The maximum absolute atomic E-state index is 10.6. The van der Waals surface area contributed by atoms with E-state index in [0.29, 0.717) is 5.92 Å². The smallest absolute Gasteiger partial charge is 0.107 e. The van der Waals surface area contributed by atoms with E-state index in [1.54, 1.807) is 11.3 Å². The molecule has 2 heterocycles. The van der Waals surface area contributed by atoms with Gasteiger partial charge < -0.3 is 5.11 Å². The molecule has 1 saturated carbocycles. The molecule has 2 fully saturated rings. The molecule has 2 unspecified atom stereocenters. The van der Waals surface area contributed by atoms with Crippen molar-refractivity contribution < 1.29 is 5.11 Å². The molecule has 1 aromatic rings. The predicted octanol–water partition coefficient (Wildman–Crippen LogP) is 2.58. The van der Waals surface area contributed by atoms with Crippen LogP contribution in [0, 0.1) is 12.8 Å². The Hall–Kier alpha value is -0.450. The largest absolute Gasteiger partial charge is 0.390 e. The molecule has 1 saturated heterocycles. The number of aryl methyl sites for hydroxylation is 1. The quantitative estimate of drug-likeness (QED) is 0.894. The summed E-state index contributed by atoms with van der Waals surface area (Å²) in [4.78, 5) is 7.02. The van der Waals surface area contributed by atoms with Gasteiger partial charge in [0.25, 0.3) is 0 Å². The highest BCUT2D eigenvalue weighted by molar-refractivity contribution is 7.09. The molecular weight excluding hydrogens is 244 g/mol. The third-order valence-corrected chi connectivity index (χ3v) is 5.49. The summed E-state index contributed by atoms with van der Waals surface area (Å²) in [5.74, 6) is 0.487. The highest BCUT2D eigenvalue weighted by Crippen LogP contribution is 2.40. The molecule has 3 rings (SSSR count). The van der Waals surface area contributed by atoms with Gasteiger partial charge in [0, 0.05) is 30.1 Å².